The Kier molecular flexibility index (Phi) is 7.33. The minimum atomic E-state index is 0.257. The fourth-order valence-electron chi connectivity index (χ4n) is 2.64. The Balaban J connectivity index is 2.10. The fourth-order valence-corrected chi connectivity index (χ4v) is 2.64. The number of nitrogens with zero attached hydrogens (tertiary/aromatic N) is 1. The van der Waals surface area contributed by atoms with E-state index in [4.69, 9.17) is 4.74 Å². The highest BCUT2D eigenvalue weighted by molar-refractivity contribution is 4.77. The number of unbranched alkanes of at least 4 members (excludes halogenated alkanes) is 2. The molecule has 2 atom stereocenters. The molecule has 0 bridgehead atoms. The van der Waals surface area contributed by atoms with Crippen molar-refractivity contribution in [3.63, 3.8) is 0 Å². The molecule has 0 saturated carbocycles. The maximum Gasteiger partial charge on any atom is 0.0674 e. The van der Waals surface area contributed by atoms with Gasteiger partial charge in [-0.25, -0.2) is 0 Å². The quantitative estimate of drug-likeness (QED) is 0.720. The first-order chi connectivity index (χ1) is 8.92. The molecule has 1 rings (SSSR count). The van der Waals surface area contributed by atoms with Crippen molar-refractivity contribution in [3.05, 3.63) is 0 Å². The van der Waals surface area contributed by atoms with Crippen LogP contribution in [0.5, 0.6) is 0 Å². The van der Waals surface area contributed by atoms with Gasteiger partial charge in [0.15, 0.2) is 0 Å². The SMILES string of the molecule is CCC1COC(C)CN1CCCCCNC(C)(C)C. The molecule has 0 spiro atoms. The zero-order valence-corrected chi connectivity index (χ0v) is 13.7. The van der Waals surface area contributed by atoms with E-state index < -0.39 is 0 Å². The topological polar surface area (TPSA) is 24.5 Å². The Labute approximate surface area is 120 Å². The molecular formula is C16H34N2O. The van der Waals surface area contributed by atoms with Crippen LogP contribution in [0.4, 0.5) is 0 Å². The number of nitrogens with one attached hydrogen (secondary N) is 1. The van der Waals surface area contributed by atoms with E-state index in [-0.39, 0.29) is 5.54 Å². The van der Waals surface area contributed by atoms with Gasteiger partial charge in [0.05, 0.1) is 12.7 Å². The Morgan fingerprint density at radius 2 is 1.95 bits per heavy atom. The zero-order valence-electron chi connectivity index (χ0n) is 13.7. The Morgan fingerprint density at radius 3 is 2.58 bits per heavy atom. The Bertz CT molecular complexity index is 237. The largest absolute Gasteiger partial charge is 0.376 e. The number of hydrogen-bond acceptors (Lipinski definition) is 3. The van der Waals surface area contributed by atoms with Crippen LogP contribution < -0.4 is 5.32 Å². The monoisotopic (exact) mass is 270 g/mol. The molecule has 1 heterocycles. The van der Waals surface area contributed by atoms with Crippen molar-refractivity contribution >= 4 is 0 Å². The van der Waals surface area contributed by atoms with Gasteiger partial charge in [-0.15, -0.1) is 0 Å². The van der Waals surface area contributed by atoms with Gasteiger partial charge in [0, 0.05) is 18.1 Å². The van der Waals surface area contributed by atoms with Crippen molar-refractivity contribution in [2.45, 2.75) is 78.0 Å². The van der Waals surface area contributed by atoms with Crippen molar-refractivity contribution in [3.8, 4) is 0 Å². The standard InChI is InChI=1S/C16H34N2O/c1-6-15-13-19-14(2)12-18(15)11-9-7-8-10-17-16(3,4)5/h14-15,17H,6-13H2,1-5H3. The molecule has 1 N–H and O–H groups in total. The van der Waals surface area contributed by atoms with E-state index in [0.717, 1.165) is 19.7 Å². The van der Waals surface area contributed by atoms with Crippen LogP contribution in [-0.2, 0) is 4.74 Å². The number of ether oxygens (including phenoxy) is 1. The van der Waals surface area contributed by atoms with Crippen LogP contribution in [-0.4, -0.2) is 48.8 Å². The third-order valence-corrected chi connectivity index (χ3v) is 3.83. The summed E-state index contributed by atoms with van der Waals surface area (Å²) in [5.74, 6) is 0. The molecule has 0 aliphatic carbocycles. The molecule has 3 heteroatoms. The summed E-state index contributed by atoms with van der Waals surface area (Å²) in [6, 6.07) is 0.643. The number of morpholine rings is 1. The van der Waals surface area contributed by atoms with Gasteiger partial charge in [0.1, 0.15) is 0 Å². The average Bonchev–Trinajstić information content (AvgIpc) is 2.32. The summed E-state index contributed by atoms with van der Waals surface area (Å²) >= 11 is 0. The summed E-state index contributed by atoms with van der Waals surface area (Å²) in [4.78, 5) is 2.63. The van der Waals surface area contributed by atoms with E-state index >= 15 is 0 Å². The van der Waals surface area contributed by atoms with Crippen LogP contribution in [0.2, 0.25) is 0 Å². The van der Waals surface area contributed by atoms with E-state index in [9.17, 15) is 0 Å². The summed E-state index contributed by atoms with van der Waals surface area (Å²) in [6.45, 7) is 15.6. The first-order valence-corrected chi connectivity index (χ1v) is 8.03. The van der Waals surface area contributed by atoms with Crippen LogP contribution >= 0.6 is 0 Å². The smallest absolute Gasteiger partial charge is 0.0674 e. The molecule has 1 saturated heterocycles. The van der Waals surface area contributed by atoms with Crippen LogP contribution in [0, 0.1) is 0 Å². The number of rotatable bonds is 7. The highest BCUT2D eigenvalue weighted by Gasteiger charge is 2.24. The molecule has 3 nitrogen and oxygen atoms in total. The maximum atomic E-state index is 5.74. The van der Waals surface area contributed by atoms with Crippen molar-refractivity contribution in [2.75, 3.05) is 26.2 Å². The highest BCUT2D eigenvalue weighted by atomic mass is 16.5. The van der Waals surface area contributed by atoms with Gasteiger partial charge >= 0.3 is 0 Å². The Morgan fingerprint density at radius 1 is 1.21 bits per heavy atom. The summed E-state index contributed by atoms with van der Waals surface area (Å²) in [7, 11) is 0. The van der Waals surface area contributed by atoms with E-state index in [2.05, 4.69) is 44.8 Å². The second-order valence-electron chi connectivity index (χ2n) is 6.94. The molecule has 0 aromatic carbocycles. The molecule has 1 aliphatic heterocycles. The second-order valence-corrected chi connectivity index (χ2v) is 6.94. The number of hydrogen-bond donors (Lipinski definition) is 1. The van der Waals surface area contributed by atoms with Gasteiger partial charge in [0.2, 0.25) is 0 Å². The maximum absolute atomic E-state index is 5.74. The average molecular weight is 270 g/mol. The van der Waals surface area contributed by atoms with Gasteiger partial charge < -0.3 is 10.1 Å². The lowest BCUT2D eigenvalue weighted by molar-refractivity contribution is -0.0561. The highest BCUT2D eigenvalue weighted by Crippen LogP contribution is 2.15. The summed E-state index contributed by atoms with van der Waals surface area (Å²) < 4.78 is 5.74. The lowest BCUT2D eigenvalue weighted by Crippen LogP contribution is -2.48. The lowest BCUT2D eigenvalue weighted by Gasteiger charge is -2.38. The van der Waals surface area contributed by atoms with Crippen molar-refractivity contribution < 1.29 is 4.74 Å². The molecule has 0 aromatic heterocycles. The van der Waals surface area contributed by atoms with E-state index in [1.54, 1.807) is 0 Å². The van der Waals surface area contributed by atoms with Gasteiger partial charge in [-0.3, -0.25) is 4.90 Å². The van der Waals surface area contributed by atoms with Gasteiger partial charge in [-0.2, -0.15) is 0 Å². The molecule has 1 fully saturated rings. The van der Waals surface area contributed by atoms with Gasteiger partial charge in [-0.1, -0.05) is 13.3 Å². The molecule has 19 heavy (non-hydrogen) atoms. The Hall–Kier alpha value is -0.120. The molecule has 2 unspecified atom stereocenters. The summed E-state index contributed by atoms with van der Waals surface area (Å²) in [5.41, 5.74) is 0.257. The van der Waals surface area contributed by atoms with Crippen LogP contribution in [0.15, 0.2) is 0 Å². The third kappa shape index (κ3) is 7.28. The molecule has 0 aromatic rings. The molecular weight excluding hydrogens is 236 g/mol. The zero-order chi connectivity index (χ0) is 14.3. The van der Waals surface area contributed by atoms with E-state index in [1.807, 2.05) is 0 Å². The molecule has 114 valence electrons. The first-order valence-electron chi connectivity index (χ1n) is 8.03. The molecule has 0 amide bonds. The van der Waals surface area contributed by atoms with Gasteiger partial charge in [0.25, 0.3) is 0 Å². The fraction of sp³-hybridized carbons (Fsp3) is 1.00. The first kappa shape index (κ1) is 16.9. The van der Waals surface area contributed by atoms with Gasteiger partial charge in [-0.05, 0) is 60.0 Å². The van der Waals surface area contributed by atoms with Crippen molar-refractivity contribution in [2.24, 2.45) is 0 Å². The molecule has 1 aliphatic rings. The van der Waals surface area contributed by atoms with E-state index in [0.29, 0.717) is 12.1 Å². The summed E-state index contributed by atoms with van der Waals surface area (Å²) in [5, 5.41) is 3.55. The van der Waals surface area contributed by atoms with Crippen molar-refractivity contribution in [1.29, 1.82) is 0 Å². The van der Waals surface area contributed by atoms with Crippen LogP contribution in [0.1, 0.15) is 60.3 Å². The van der Waals surface area contributed by atoms with Crippen LogP contribution in [0.3, 0.4) is 0 Å². The summed E-state index contributed by atoms with van der Waals surface area (Å²) in [6.07, 6.45) is 5.54. The second kappa shape index (κ2) is 8.23. The predicted octanol–water partition coefficient (Wildman–Crippen LogP) is 3.04. The van der Waals surface area contributed by atoms with Crippen molar-refractivity contribution in [1.82, 2.24) is 10.2 Å². The third-order valence-electron chi connectivity index (χ3n) is 3.83. The molecule has 0 radical (unpaired) electrons. The normalized spacial score (nSPS) is 25.7. The minimum Gasteiger partial charge on any atom is -0.376 e. The predicted molar refractivity (Wildman–Crippen MR) is 82.7 cm³/mol. The van der Waals surface area contributed by atoms with E-state index in [1.165, 1.54) is 32.2 Å². The minimum absolute atomic E-state index is 0.257. The van der Waals surface area contributed by atoms with Crippen LogP contribution in [0.25, 0.3) is 0 Å². The lowest BCUT2D eigenvalue weighted by atomic mass is 10.1.